The van der Waals surface area contributed by atoms with Gasteiger partial charge in [-0.05, 0) is 47.7 Å². The van der Waals surface area contributed by atoms with Crippen LogP contribution < -0.4 is 0 Å². The van der Waals surface area contributed by atoms with E-state index in [1.165, 1.54) is 50.0 Å². The molecule has 7 heteroatoms. The van der Waals surface area contributed by atoms with Gasteiger partial charge in [-0.1, -0.05) is 89.8 Å². The Morgan fingerprint density at radius 1 is 0.613 bits per heavy atom. The Balaban J connectivity index is -0.000000490. The summed E-state index contributed by atoms with van der Waals surface area (Å²) in [5.41, 5.74) is 0. The summed E-state index contributed by atoms with van der Waals surface area (Å²) >= 11 is 10.7. The second-order valence-corrected chi connectivity index (χ2v) is 14.4. The zero-order valence-electron chi connectivity index (χ0n) is 21.8. The molecule has 0 fully saturated rings. The van der Waals surface area contributed by atoms with Gasteiger partial charge in [0.25, 0.3) is 0 Å². The SMILES string of the molecule is CCCCOC([S-])=S(CCCC)C(C)C.CCCCOC([S-])=S(CCCC)C(C)C.[Zn+2]. The van der Waals surface area contributed by atoms with Gasteiger partial charge >= 0.3 is 19.5 Å². The second kappa shape index (κ2) is 26.3. The van der Waals surface area contributed by atoms with E-state index in [0.717, 1.165) is 34.8 Å². The van der Waals surface area contributed by atoms with Crippen LogP contribution in [0.25, 0.3) is 0 Å². The van der Waals surface area contributed by atoms with Crippen molar-refractivity contribution in [1.29, 1.82) is 0 Å². The van der Waals surface area contributed by atoms with Crippen molar-refractivity contribution in [1.82, 2.24) is 0 Å². The molecule has 2 nitrogen and oxygen atoms in total. The van der Waals surface area contributed by atoms with Crippen LogP contribution in [-0.2, 0) is 54.2 Å². The Bertz CT molecular complexity index is 424. The van der Waals surface area contributed by atoms with Gasteiger partial charge in [-0.2, -0.15) is 21.0 Å². The summed E-state index contributed by atoms with van der Waals surface area (Å²) < 4.78 is 13.0. The molecule has 0 aromatic rings. The molecule has 184 valence electrons. The van der Waals surface area contributed by atoms with Crippen molar-refractivity contribution >= 4 is 55.0 Å². The van der Waals surface area contributed by atoms with Crippen molar-refractivity contribution in [2.45, 2.75) is 117 Å². The molecule has 0 bridgehead atoms. The minimum atomic E-state index is 0. The standard InChI is InChI=1S/2C12H26OS2.Zn/c2*1-5-7-9-13-12(14)15(11(3)4)10-8-6-2;/h2*11,14H,5-10H2,1-4H3;/q;;+2/p-2. The van der Waals surface area contributed by atoms with Crippen LogP contribution in [-0.4, -0.2) is 44.0 Å². The maximum absolute atomic E-state index is 5.65. The topological polar surface area (TPSA) is 18.5 Å². The minimum Gasteiger partial charge on any atom is -0.725 e. The smallest absolute Gasteiger partial charge is 0.725 e. The fourth-order valence-electron chi connectivity index (χ4n) is 2.37. The van der Waals surface area contributed by atoms with Gasteiger partial charge in [0, 0.05) is 0 Å². The zero-order valence-corrected chi connectivity index (χ0v) is 28.0. The summed E-state index contributed by atoms with van der Waals surface area (Å²) in [4.78, 5) is 0. The third-order valence-corrected chi connectivity index (χ3v) is 10.8. The normalized spacial score (nSPS) is 13.9. The fourth-order valence-corrected chi connectivity index (χ4v) is 7.91. The van der Waals surface area contributed by atoms with Crippen molar-refractivity contribution in [3.63, 3.8) is 0 Å². The summed E-state index contributed by atoms with van der Waals surface area (Å²) in [7, 11) is 0.370. The van der Waals surface area contributed by atoms with Crippen LogP contribution in [0.4, 0.5) is 0 Å². The van der Waals surface area contributed by atoms with E-state index in [2.05, 4.69) is 55.4 Å². The van der Waals surface area contributed by atoms with Crippen LogP contribution in [0, 0.1) is 0 Å². The van der Waals surface area contributed by atoms with Gasteiger partial charge in [0.15, 0.2) is 0 Å². The van der Waals surface area contributed by atoms with E-state index in [0.29, 0.717) is 10.5 Å². The monoisotopic (exact) mass is 562 g/mol. The molecule has 0 spiro atoms. The van der Waals surface area contributed by atoms with Crippen LogP contribution in [0.2, 0.25) is 0 Å². The third kappa shape index (κ3) is 21.9. The second-order valence-electron chi connectivity index (χ2n) is 7.97. The fraction of sp³-hybridized carbons (Fsp3) is 0.917. The van der Waals surface area contributed by atoms with E-state index in [4.69, 9.17) is 34.7 Å². The molecule has 0 radical (unpaired) electrons. The molecular weight excluding hydrogens is 514 g/mol. The van der Waals surface area contributed by atoms with Gasteiger partial charge in [-0.25, -0.2) is 0 Å². The molecule has 0 amide bonds. The number of hydrogen-bond donors (Lipinski definition) is 0. The molecule has 0 aliphatic heterocycles. The number of ether oxygens (including phenoxy) is 2. The Morgan fingerprint density at radius 2 is 0.903 bits per heavy atom. The first-order valence-corrected chi connectivity index (χ1v) is 15.7. The molecule has 0 rings (SSSR count). The molecule has 0 aliphatic rings. The number of hydrogen-bond acceptors (Lipinski definition) is 4. The molecule has 0 aliphatic carbocycles. The quantitative estimate of drug-likeness (QED) is 0.0927. The maximum Gasteiger partial charge on any atom is 2.00 e. The molecule has 0 aromatic carbocycles. The number of unbranched alkanes of at least 4 members (excludes halogenated alkanes) is 4. The Hall–Kier alpha value is 1.68. The molecule has 0 N–H and O–H groups in total. The van der Waals surface area contributed by atoms with Crippen LogP contribution in [0.5, 0.6) is 0 Å². The summed E-state index contributed by atoms with van der Waals surface area (Å²) in [6.07, 6.45) is 9.59. The number of rotatable bonds is 14. The summed E-state index contributed by atoms with van der Waals surface area (Å²) in [6.45, 7) is 19.4. The Labute approximate surface area is 224 Å². The average molecular weight is 564 g/mol. The molecule has 2 atom stereocenters. The predicted molar refractivity (Wildman–Crippen MR) is 151 cm³/mol. The van der Waals surface area contributed by atoms with Crippen molar-refractivity contribution in [3.8, 4) is 0 Å². The van der Waals surface area contributed by atoms with Crippen molar-refractivity contribution < 1.29 is 29.0 Å². The van der Waals surface area contributed by atoms with E-state index in [-0.39, 0.29) is 40.4 Å². The van der Waals surface area contributed by atoms with E-state index >= 15 is 0 Å². The third-order valence-electron chi connectivity index (χ3n) is 4.44. The van der Waals surface area contributed by atoms with Crippen LogP contribution in [0.1, 0.15) is 107 Å². The first kappa shape index (κ1) is 37.2. The minimum absolute atomic E-state index is 0. The Kier molecular flexibility index (Phi) is 31.6. The van der Waals surface area contributed by atoms with Crippen molar-refractivity contribution in [2.24, 2.45) is 0 Å². The summed E-state index contributed by atoms with van der Waals surface area (Å²) in [5, 5.41) is 1.26. The van der Waals surface area contributed by atoms with Gasteiger partial charge in [0.2, 0.25) is 0 Å². The van der Waals surface area contributed by atoms with Crippen molar-refractivity contribution in [2.75, 3.05) is 24.7 Å². The van der Waals surface area contributed by atoms with Crippen LogP contribution >= 0.6 is 21.0 Å². The molecule has 2 unspecified atom stereocenters. The van der Waals surface area contributed by atoms with E-state index in [1.54, 1.807) is 0 Å². The molecule has 31 heavy (non-hydrogen) atoms. The van der Waals surface area contributed by atoms with Gasteiger partial charge in [0.05, 0.1) is 13.2 Å². The van der Waals surface area contributed by atoms with E-state index in [9.17, 15) is 0 Å². The zero-order chi connectivity index (χ0) is 23.4. The van der Waals surface area contributed by atoms with Gasteiger partial charge in [0.1, 0.15) is 0 Å². The summed E-state index contributed by atoms with van der Waals surface area (Å²) in [5.74, 6) is 2.41. The van der Waals surface area contributed by atoms with Gasteiger partial charge in [-0.15, -0.1) is 0 Å². The molecule has 0 saturated carbocycles. The molecular formula is C24H50O2S4Zn. The molecule has 0 heterocycles. The van der Waals surface area contributed by atoms with Crippen LogP contribution in [0.15, 0.2) is 0 Å². The van der Waals surface area contributed by atoms with Crippen LogP contribution in [0.3, 0.4) is 0 Å². The first-order chi connectivity index (χ1) is 14.3. The largest absolute Gasteiger partial charge is 2.00 e. The summed E-state index contributed by atoms with van der Waals surface area (Å²) in [6, 6.07) is 0. The van der Waals surface area contributed by atoms with E-state index in [1.807, 2.05) is 0 Å². The average Bonchev–Trinajstić information content (AvgIpc) is 2.69. The maximum atomic E-state index is 5.65. The van der Waals surface area contributed by atoms with Gasteiger partial charge < -0.3 is 34.7 Å². The van der Waals surface area contributed by atoms with Crippen molar-refractivity contribution in [3.05, 3.63) is 0 Å². The van der Waals surface area contributed by atoms with Gasteiger partial charge in [-0.3, -0.25) is 0 Å². The Morgan fingerprint density at radius 3 is 1.13 bits per heavy atom. The predicted octanol–water partition coefficient (Wildman–Crippen LogP) is 7.83. The molecule has 0 saturated heterocycles. The first-order valence-electron chi connectivity index (χ1n) is 12.0. The molecule has 0 aromatic heterocycles. The van der Waals surface area contributed by atoms with E-state index < -0.39 is 0 Å².